The molecule has 0 bridgehead atoms. The van der Waals surface area contributed by atoms with Gasteiger partial charge < -0.3 is 10.1 Å². The average molecular weight is 448 g/mol. The van der Waals surface area contributed by atoms with Crippen molar-refractivity contribution >= 4 is 50.3 Å². The first-order valence-corrected chi connectivity index (χ1v) is 9.34. The van der Waals surface area contributed by atoms with Gasteiger partial charge in [-0.1, -0.05) is 39.7 Å². The fourth-order valence-electron chi connectivity index (χ4n) is 2.46. The van der Waals surface area contributed by atoms with Crippen LogP contribution in [0.3, 0.4) is 0 Å². The number of hydrogen-bond acceptors (Lipinski definition) is 4. The van der Waals surface area contributed by atoms with Gasteiger partial charge in [-0.05, 0) is 48.9 Å². The summed E-state index contributed by atoms with van der Waals surface area (Å²) in [5.74, 6) is -0.902. The molecule has 7 heteroatoms. The monoisotopic (exact) mass is 446 g/mol. The summed E-state index contributed by atoms with van der Waals surface area (Å²) in [7, 11) is 0. The maximum atomic E-state index is 12.0. The number of pyridine rings is 1. The van der Waals surface area contributed by atoms with Gasteiger partial charge in [0.2, 0.25) is 0 Å². The van der Waals surface area contributed by atoms with Gasteiger partial charge in [0.25, 0.3) is 5.91 Å². The van der Waals surface area contributed by atoms with E-state index in [9.17, 15) is 9.59 Å². The highest BCUT2D eigenvalue weighted by molar-refractivity contribution is 9.10. The Balaban J connectivity index is 1.56. The maximum absolute atomic E-state index is 12.0. The fourth-order valence-corrected chi connectivity index (χ4v) is 2.93. The summed E-state index contributed by atoms with van der Waals surface area (Å²) in [6.45, 7) is 1.74. The van der Waals surface area contributed by atoms with E-state index in [0.717, 1.165) is 20.9 Å². The molecule has 0 radical (unpaired) electrons. The van der Waals surface area contributed by atoms with Crippen molar-refractivity contribution in [2.24, 2.45) is 0 Å². The van der Waals surface area contributed by atoms with Crippen LogP contribution in [0.15, 0.2) is 53.0 Å². The standard InChI is InChI=1S/C20H16BrClN2O3/c1-12-2-3-14-9-15(19(22)24-17(14)8-12)11-27-18(25)10-23-20(26)13-4-6-16(21)7-5-13/h2-9H,10-11H2,1H3,(H,23,26). The number of amides is 1. The number of carbonyl (C=O) groups is 2. The van der Waals surface area contributed by atoms with E-state index < -0.39 is 5.97 Å². The Bertz CT molecular complexity index is 1010. The van der Waals surface area contributed by atoms with E-state index in [1.807, 2.05) is 31.2 Å². The van der Waals surface area contributed by atoms with Crippen molar-refractivity contribution in [1.29, 1.82) is 0 Å². The molecule has 5 nitrogen and oxygen atoms in total. The largest absolute Gasteiger partial charge is 0.459 e. The minimum Gasteiger partial charge on any atom is -0.459 e. The fraction of sp³-hybridized carbons (Fsp3) is 0.150. The van der Waals surface area contributed by atoms with Gasteiger partial charge in [-0.25, -0.2) is 4.98 Å². The number of esters is 1. The summed E-state index contributed by atoms with van der Waals surface area (Å²) in [6.07, 6.45) is 0. The summed E-state index contributed by atoms with van der Waals surface area (Å²) >= 11 is 9.49. The van der Waals surface area contributed by atoms with Crippen LogP contribution < -0.4 is 5.32 Å². The quantitative estimate of drug-likeness (QED) is 0.464. The van der Waals surface area contributed by atoms with Crippen LogP contribution in [0.4, 0.5) is 0 Å². The molecule has 0 aliphatic carbocycles. The van der Waals surface area contributed by atoms with Crippen LogP contribution in [0.1, 0.15) is 21.5 Å². The Morgan fingerprint density at radius 2 is 1.89 bits per heavy atom. The number of nitrogens with zero attached hydrogens (tertiary/aromatic N) is 1. The number of ether oxygens (including phenoxy) is 1. The Kier molecular flexibility index (Phi) is 6.08. The van der Waals surface area contributed by atoms with Gasteiger partial charge in [0, 0.05) is 21.0 Å². The van der Waals surface area contributed by atoms with Crippen molar-refractivity contribution in [2.75, 3.05) is 6.54 Å². The summed E-state index contributed by atoms with van der Waals surface area (Å²) in [5.41, 5.74) is 2.95. The van der Waals surface area contributed by atoms with Crippen molar-refractivity contribution < 1.29 is 14.3 Å². The predicted molar refractivity (Wildman–Crippen MR) is 108 cm³/mol. The third-order valence-corrected chi connectivity index (χ3v) is 4.74. The summed E-state index contributed by atoms with van der Waals surface area (Å²) in [4.78, 5) is 28.3. The number of aromatic nitrogens is 1. The molecule has 27 heavy (non-hydrogen) atoms. The van der Waals surface area contributed by atoms with Gasteiger partial charge in [0.1, 0.15) is 18.3 Å². The molecule has 3 rings (SSSR count). The molecule has 0 fully saturated rings. The molecular weight excluding hydrogens is 432 g/mol. The van der Waals surface area contributed by atoms with Crippen LogP contribution in [0.5, 0.6) is 0 Å². The van der Waals surface area contributed by atoms with Gasteiger partial charge in [0.15, 0.2) is 0 Å². The van der Waals surface area contributed by atoms with Gasteiger partial charge >= 0.3 is 5.97 Å². The van der Waals surface area contributed by atoms with Crippen molar-refractivity contribution in [3.8, 4) is 0 Å². The van der Waals surface area contributed by atoms with Gasteiger partial charge in [0.05, 0.1) is 5.52 Å². The number of nitrogens with one attached hydrogen (secondary N) is 1. The first-order chi connectivity index (χ1) is 12.9. The Labute approximate surface area is 169 Å². The molecule has 0 saturated heterocycles. The predicted octanol–water partition coefficient (Wildman–Crippen LogP) is 4.43. The number of benzene rings is 2. The van der Waals surface area contributed by atoms with Crippen molar-refractivity contribution in [3.63, 3.8) is 0 Å². The summed E-state index contributed by atoms with van der Waals surface area (Å²) in [6, 6.07) is 14.5. The molecule has 0 aliphatic heterocycles. The number of carbonyl (C=O) groups excluding carboxylic acids is 2. The van der Waals surface area contributed by atoms with Gasteiger partial charge in [-0.3, -0.25) is 9.59 Å². The second kappa shape index (κ2) is 8.50. The van der Waals surface area contributed by atoms with Crippen LogP contribution in [0.25, 0.3) is 10.9 Å². The summed E-state index contributed by atoms with van der Waals surface area (Å²) < 4.78 is 6.07. The van der Waals surface area contributed by atoms with E-state index in [1.165, 1.54) is 0 Å². The molecule has 1 heterocycles. The number of halogens is 2. The van der Waals surface area contributed by atoms with Crippen LogP contribution in [0.2, 0.25) is 5.15 Å². The molecule has 0 saturated carbocycles. The molecule has 138 valence electrons. The maximum Gasteiger partial charge on any atom is 0.325 e. The first kappa shape index (κ1) is 19.3. The first-order valence-electron chi connectivity index (χ1n) is 8.17. The third kappa shape index (κ3) is 5.05. The van der Waals surface area contributed by atoms with E-state index in [-0.39, 0.29) is 19.1 Å². The highest BCUT2D eigenvalue weighted by atomic mass is 79.9. The number of aryl methyl sites for hydroxylation is 1. The Morgan fingerprint density at radius 3 is 2.63 bits per heavy atom. The van der Waals surface area contributed by atoms with Crippen molar-refractivity contribution in [2.45, 2.75) is 13.5 Å². The third-order valence-electron chi connectivity index (χ3n) is 3.89. The molecule has 0 atom stereocenters. The Morgan fingerprint density at radius 1 is 1.15 bits per heavy atom. The van der Waals surface area contributed by atoms with Crippen LogP contribution in [-0.2, 0) is 16.1 Å². The lowest BCUT2D eigenvalue weighted by Crippen LogP contribution is -2.30. The molecule has 0 spiro atoms. The van der Waals surface area contributed by atoms with Crippen LogP contribution >= 0.6 is 27.5 Å². The normalized spacial score (nSPS) is 10.6. The topological polar surface area (TPSA) is 68.3 Å². The zero-order valence-electron chi connectivity index (χ0n) is 14.5. The number of hydrogen-bond donors (Lipinski definition) is 1. The minimum atomic E-state index is -0.555. The van der Waals surface area contributed by atoms with Crippen molar-refractivity contribution in [1.82, 2.24) is 10.3 Å². The molecule has 1 N–H and O–H groups in total. The Hall–Kier alpha value is -2.44. The molecule has 2 aromatic carbocycles. The van der Waals surface area contributed by atoms with Gasteiger partial charge in [-0.2, -0.15) is 0 Å². The SMILES string of the molecule is Cc1ccc2cc(COC(=O)CNC(=O)c3ccc(Br)cc3)c(Cl)nc2c1. The van der Waals surface area contributed by atoms with E-state index in [2.05, 4.69) is 26.2 Å². The van der Waals surface area contributed by atoms with E-state index >= 15 is 0 Å². The molecule has 0 aliphatic rings. The van der Waals surface area contributed by atoms with E-state index in [0.29, 0.717) is 16.3 Å². The molecule has 1 aromatic heterocycles. The molecular formula is C20H16BrClN2O3. The second-order valence-corrected chi connectivity index (χ2v) is 7.26. The lowest BCUT2D eigenvalue weighted by atomic mass is 10.1. The van der Waals surface area contributed by atoms with Gasteiger partial charge in [-0.15, -0.1) is 0 Å². The lowest BCUT2D eigenvalue weighted by molar-refractivity contribution is -0.143. The molecule has 1 amide bonds. The highest BCUT2D eigenvalue weighted by Crippen LogP contribution is 2.22. The lowest BCUT2D eigenvalue weighted by Gasteiger charge is -2.09. The highest BCUT2D eigenvalue weighted by Gasteiger charge is 2.11. The second-order valence-electron chi connectivity index (χ2n) is 5.98. The molecule has 3 aromatic rings. The van der Waals surface area contributed by atoms with E-state index in [1.54, 1.807) is 24.3 Å². The van der Waals surface area contributed by atoms with Crippen molar-refractivity contribution in [3.05, 3.63) is 74.8 Å². The molecule has 0 unspecified atom stereocenters. The zero-order chi connectivity index (χ0) is 19.4. The van der Waals surface area contributed by atoms with Crippen LogP contribution in [0, 0.1) is 6.92 Å². The summed E-state index contributed by atoms with van der Waals surface area (Å²) in [5, 5.41) is 3.74. The minimum absolute atomic E-state index is 0.0113. The smallest absolute Gasteiger partial charge is 0.325 e. The number of rotatable bonds is 5. The van der Waals surface area contributed by atoms with E-state index in [4.69, 9.17) is 16.3 Å². The van der Waals surface area contributed by atoms with Crippen LogP contribution in [-0.4, -0.2) is 23.4 Å². The number of fused-ring (bicyclic) bond motifs is 1. The zero-order valence-corrected chi connectivity index (χ0v) is 16.8. The average Bonchev–Trinajstić information content (AvgIpc) is 2.65.